The third-order valence-electron chi connectivity index (χ3n) is 5.01. The Hall–Kier alpha value is -1.95. The molecule has 0 atom stereocenters. The Kier molecular flexibility index (Phi) is 8.25. The van der Waals surface area contributed by atoms with E-state index < -0.39 is 0 Å². The fourth-order valence-corrected chi connectivity index (χ4v) is 4.25. The predicted molar refractivity (Wildman–Crippen MR) is 134 cm³/mol. The van der Waals surface area contributed by atoms with Gasteiger partial charge in [0.2, 0.25) is 5.13 Å². The molecule has 8 nitrogen and oxygen atoms in total. The van der Waals surface area contributed by atoms with Crippen LogP contribution in [0.1, 0.15) is 25.5 Å². The summed E-state index contributed by atoms with van der Waals surface area (Å²) >= 11 is 1.50. The number of aliphatic imine (C=N–C) groups is 1. The fraction of sp³-hybridized carbons (Fsp3) is 0.500. The molecule has 3 heterocycles. The first-order chi connectivity index (χ1) is 14.3. The number of para-hydroxylation sites is 2. The van der Waals surface area contributed by atoms with E-state index in [0.29, 0.717) is 6.54 Å². The second-order valence-corrected chi connectivity index (χ2v) is 7.74. The number of guanidine groups is 1. The van der Waals surface area contributed by atoms with Gasteiger partial charge in [0.1, 0.15) is 11.6 Å². The molecule has 1 fully saturated rings. The summed E-state index contributed by atoms with van der Waals surface area (Å²) in [6.07, 6.45) is 1.69. The Morgan fingerprint density at radius 3 is 2.67 bits per heavy atom. The van der Waals surface area contributed by atoms with Crippen LogP contribution in [0.25, 0.3) is 11.0 Å². The topological polar surface area (TPSA) is 85.3 Å². The summed E-state index contributed by atoms with van der Waals surface area (Å²) in [4.78, 5) is 22.1. The van der Waals surface area contributed by atoms with E-state index in [2.05, 4.69) is 54.4 Å². The van der Waals surface area contributed by atoms with Gasteiger partial charge in [0.05, 0.1) is 11.0 Å². The lowest BCUT2D eigenvalue weighted by Gasteiger charge is -2.36. The molecule has 2 N–H and O–H groups in total. The molecule has 1 saturated heterocycles. The van der Waals surface area contributed by atoms with Crippen molar-refractivity contribution in [3.63, 3.8) is 0 Å². The molecule has 162 valence electrons. The first-order valence-electron chi connectivity index (χ1n) is 10.3. The number of halogens is 1. The molecule has 1 aromatic carbocycles. The summed E-state index contributed by atoms with van der Waals surface area (Å²) in [5.41, 5.74) is 2.09. The molecule has 0 spiro atoms. The highest BCUT2D eigenvalue weighted by Gasteiger charge is 2.22. The average Bonchev–Trinajstić information content (AvgIpc) is 3.40. The van der Waals surface area contributed by atoms with E-state index in [1.807, 2.05) is 18.2 Å². The number of aromatic nitrogens is 4. The number of hydrogen-bond donors (Lipinski definition) is 2. The van der Waals surface area contributed by atoms with Gasteiger partial charge < -0.3 is 20.1 Å². The van der Waals surface area contributed by atoms with E-state index in [-0.39, 0.29) is 24.0 Å². The molecule has 0 aliphatic carbocycles. The number of hydrogen-bond acceptors (Lipinski definition) is 6. The summed E-state index contributed by atoms with van der Waals surface area (Å²) in [6.45, 7) is 9.50. The van der Waals surface area contributed by atoms with Crippen molar-refractivity contribution >= 4 is 57.6 Å². The maximum atomic E-state index is 4.85. The summed E-state index contributed by atoms with van der Waals surface area (Å²) in [6, 6.07) is 8.12. The van der Waals surface area contributed by atoms with Crippen molar-refractivity contribution < 1.29 is 0 Å². The zero-order valence-electron chi connectivity index (χ0n) is 17.5. The molecule has 1 aliphatic rings. The maximum Gasteiger partial charge on any atom is 0.205 e. The van der Waals surface area contributed by atoms with Gasteiger partial charge in [0.25, 0.3) is 0 Å². The van der Waals surface area contributed by atoms with Gasteiger partial charge in [-0.25, -0.2) is 9.97 Å². The van der Waals surface area contributed by atoms with E-state index in [9.17, 15) is 0 Å². The number of piperazine rings is 1. The Balaban J connectivity index is 0.00000256. The number of fused-ring (bicyclic) bond motifs is 1. The van der Waals surface area contributed by atoms with Gasteiger partial charge in [0.15, 0.2) is 5.96 Å². The molecule has 0 saturated carbocycles. The van der Waals surface area contributed by atoms with Crippen molar-refractivity contribution in [2.24, 2.45) is 4.99 Å². The quantitative estimate of drug-likeness (QED) is 0.284. The van der Waals surface area contributed by atoms with Gasteiger partial charge in [-0.3, -0.25) is 4.99 Å². The second kappa shape index (κ2) is 10.9. The maximum absolute atomic E-state index is 4.85. The molecule has 0 bridgehead atoms. The number of aromatic amines is 1. The minimum atomic E-state index is 0. The highest BCUT2D eigenvalue weighted by Crippen LogP contribution is 2.19. The summed E-state index contributed by atoms with van der Waals surface area (Å²) in [5, 5.41) is 4.47. The number of benzene rings is 1. The number of nitrogens with one attached hydrogen (secondary N) is 2. The number of nitrogens with zero attached hydrogens (tertiary/aromatic N) is 6. The van der Waals surface area contributed by atoms with Crippen molar-refractivity contribution in [1.29, 1.82) is 0 Å². The smallest absolute Gasteiger partial charge is 0.205 e. The molecule has 0 amide bonds. The van der Waals surface area contributed by atoms with Gasteiger partial charge in [-0.1, -0.05) is 19.1 Å². The van der Waals surface area contributed by atoms with Crippen molar-refractivity contribution in [2.75, 3.05) is 44.2 Å². The van der Waals surface area contributed by atoms with E-state index in [1.165, 1.54) is 11.5 Å². The lowest BCUT2D eigenvalue weighted by atomic mass is 10.3. The summed E-state index contributed by atoms with van der Waals surface area (Å²) < 4.78 is 4.41. The first-order valence-corrected chi connectivity index (χ1v) is 11.1. The summed E-state index contributed by atoms with van der Waals surface area (Å²) in [7, 11) is 0. The second-order valence-electron chi connectivity index (χ2n) is 7.01. The van der Waals surface area contributed by atoms with E-state index >= 15 is 0 Å². The van der Waals surface area contributed by atoms with Gasteiger partial charge >= 0.3 is 0 Å². The normalized spacial score (nSPS) is 14.8. The lowest BCUT2D eigenvalue weighted by molar-refractivity contribution is 0.372. The Labute approximate surface area is 198 Å². The monoisotopic (exact) mass is 540 g/mol. The van der Waals surface area contributed by atoms with Crippen LogP contribution in [0.4, 0.5) is 5.13 Å². The SMILES string of the molecule is CCNC(=NCCc1nc2ccccc2[nH]1)N1CCN(c2nc(CC)ns2)CC1.I. The van der Waals surface area contributed by atoms with Gasteiger partial charge in [0, 0.05) is 63.6 Å². The van der Waals surface area contributed by atoms with Crippen LogP contribution < -0.4 is 10.2 Å². The predicted octanol–water partition coefficient (Wildman–Crippen LogP) is 2.93. The zero-order valence-corrected chi connectivity index (χ0v) is 20.6. The third-order valence-corrected chi connectivity index (χ3v) is 5.82. The Morgan fingerprint density at radius 1 is 1.17 bits per heavy atom. The first kappa shape index (κ1) is 22.7. The molecule has 2 aromatic heterocycles. The Morgan fingerprint density at radius 2 is 1.97 bits per heavy atom. The molecule has 0 radical (unpaired) electrons. The van der Waals surface area contributed by atoms with Crippen LogP contribution in [0.15, 0.2) is 29.3 Å². The molecule has 30 heavy (non-hydrogen) atoms. The molecule has 4 rings (SSSR count). The molecule has 1 aliphatic heterocycles. The van der Waals surface area contributed by atoms with Crippen LogP contribution in [0.3, 0.4) is 0 Å². The molecular weight excluding hydrogens is 511 g/mol. The number of rotatable bonds is 6. The number of anilines is 1. The van der Waals surface area contributed by atoms with Crippen LogP contribution >= 0.6 is 35.5 Å². The summed E-state index contributed by atoms with van der Waals surface area (Å²) in [5.74, 6) is 2.90. The number of aryl methyl sites for hydroxylation is 1. The fourth-order valence-electron chi connectivity index (χ4n) is 3.44. The molecular formula is C20H29IN8S. The lowest BCUT2D eigenvalue weighted by Crippen LogP contribution is -2.52. The van der Waals surface area contributed by atoms with Crippen molar-refractivity contribution in [2.45, 2.75) is 26.7 Å². The third kappa shape index (κ3) is 5.39. The van der Waals surface area contributed by atoms with Gasteiger partial charge in [-0.05, 0) is 19.1 Å². The largest absolute Gasteiger partial charge is 0.357 e. The van der Waals surface area contributed by atoms with Crippen LogP contribution in [0.5, 0.6) is 0 Å². The Bertz CT molecular complexity index is 928. The van der Waals surface area contributed by atoms with Gasteiger partial charge in [-0.2, -0.15) is 4.37 Å². The van der Waals surface area contributed by atoms with Crippen molar-refractivity contribution in [3.05, 3.63) is 35.9 Å². The highest BCUT2D eigenvalue weighted by atomic mass is 127. The van der Waals surface area contributed by atoms with Crippen molar-refractivity contribution in [1.82, 2.24) is 29.5 Å². The molecule has 3 aromatic rings. The minimum Gasteiger partial charge on any atom is -0.357 e. The van der Waals surface area contributed by atoms with E-state index in [0.717, 1.165) is 79.3 Å². The van der Waals surface area contributed by atoms with E-state index in [1.54, 1.807) is 0 Å². The van der Waals surface area contributed by atoms with Gasteiger partial charge in [-0.15, -0.1) is 24.0 Å². The van der Waals surface area contributed by atoms with Crippen LogP contribution in [0, 0.1) is 0 Å². The highest BCUT2D eigenvalue weighted by molar-refractivity contribution is 14.0. The number of H-pyrrole nitrogens is 1. The van der Waals surface area contributed by atoms with Crippen LogP contribution in [-0.2, 0) is 12.8 Å². The van der Waals surface area contributed by atoms with Crippen molar-refractivity contribution in [3.8, 4) is 0 Å². The zero-order chi connectivity index (χ0) is 20.1. The van der Waals surface area contributed by atoms with Crippen LogP contribution in [-0.4, -0.2) is 69.5 Å². The average molecular weight is 540 g/mol. The minimum absolute atomic E-state index is 0. The molecule has 0 unspecified atom stereocenters. The van der Waals surface area contributed by atoms with E-state index in [4.69, 9.17) is 4.99 Å². The standard InChI is InChI=1S/C20H28N8S.HI/c1-3-17-25-20(29-26-17)28-13-11-27(12-14-28)19(21-4-2)22-10-9-18-23-15-7-5-6-8-16(15)24-18;/h5-8H,3-4,9-14H2,1-2H3,(H,21,22)(H,23,24);1H. The molecule has 10 heteroatoms. The van der Waals surface area contributed by atoms with Crippen LogP contribution in [0.2, 0.25) is 0 Å². The number of imidazole rings is 1.